The number of aromatic nitrogens is 2. The Balaban J connectivity index is 2.52. The fourth-order valence-corrected chi connectivity index (χ4v) is 1.66. The number of ether oxygens (including phenoxy) is 2. The standard InChI is InChI=1S/C12H15N3O2/c1-3-17-12-8(5-4-6-10(12)16-2)9-7-11(13)15-14-9/h4-7H,3H2,1-2H3,(H3,13,14,15). The van der Waals surface area contributed by atoms with Gasteiger partial charge in [0.2, 0.25) is 0 Å². The van der Waals surface area contributed by atoms with E-state index in [1.807, 2.05) is 25.1 Å². The van der Waals surface area contributed by atoms with Crippen LogP contribution in [0.4, 0.5) is 5.82 Å². The molecule has 0 bridgehead atoms. The maximum absolute atomic E-state index is 5.61. The average molecular weight is 233 g/mol. The summed E-state index contributed by atoms with van der Waals surface area (Å²) in [4.78, 5) is 0. The first kappa shape index (κ1) is 11.3. The van der Waals surface area contributed by atoms with Crippen LogP contribution in [-0.4, -0.2) is 23.9 Å². The SMILES string of the molecule is CCOc1c(OC)cccc1-c1cc(N)n[nH]1. The molecular weight excluding hydrogens is 218 g/mol. The Kier molecular flexibility index (Phi) is 3.18. The number of nitrogens with two attached hydrogens (primary N) is 1. The molecule has 0 spiro atoms. The first-order valence-corrected chi connectivity index (χ1v) is 5.37. The Bertz CT molecular complexity index is 508. The van der Waals surface area contributed by atoms with Crippen LogP contribution >= 0.6 is 0 Å². The molecule has 1 heterocycles. The fourth-order valence-electron chi connectivity index (χ4n) is 1.66. The number of rotatable bonds is 4. The number of hydrogen-bond acceptors (Lipinski definition) is 4. The lowest BCUT2D eigenvalue weighted by Crippen LogP contribution is -1.97. The molecule has 5 nitrogen and oxygen atoms in total. The summed E-state index contributed by atoms with van der Waals surface area (Å²) < 4.78 is 10.9. The van der Waals surface area contributed by atoms with Crippen molar-refractivity contribution in [2.75, 3.05) is 19.5 Å². The lowest BCUT2D eigenvalue weighted by molar-refractivity contribution is 0.312. The van der Waals surface area contributed by atoms with E-state index in [0.717, 1.165) is 11.3 Å². The molecule has 0 aliphatic carbocycles. The number of nitrogens with zero attached hydrogens (tertiary/aromatic N) is 1. The number of nitrogens with one attached hydrogen (secondary N) is 1. The molecule has 0 aliphatic rings. The molecule has 2 rings (SSSR count). The molecule has 1 aromatic heterocycles. The average Bonchev–Trinajstić information content (AvgIpc) is 2.76. The summed E-state index contributed by atoms with van der Waals surface area (Å²) in [5, 5.41) is 6.77. The van der Waals surface area contributed by atoms with Gasteiger partial charge in [-0.15, -0.1) is 0 Å². The van der Waals surface area contributed by atoms with Crippen LogP contribution in [0.5, 0.6) is 11.5 Å². The molecule has 0 saturated carbocycles. The minimum Gasteiger partial charge on any atom is -0.493 e. The zero-order valence-corrected chi connectivity index (χ0v) is 9.86. The predicted octanol–water partition coefficient (Wildman–Crippen LogP) is 2.07. The highest BCUT2D eigenvalue weighted by Gasteiger charge is 2.13. The molecule has 1 aromatic carbocycles. The van der Waals surface area contributed by atoms with E-state index in [0.29, 0.717) is 23.9 Å². The smallest absolute Gasteiger partial charge is 0.170 e. The van der Waals surface area contributed by atoms with Crippen LogP contribution in [-0.2, 0) is 0 Å². The Labute approximate surface area is 99.5 Å². The fraction of sp³-hybridized carbons (Fsp3) is 0.250. The van der Waals surface area contributed by atoms with Crippen LogP contribution in [0.2, 0.25) is 0 Å². The van der Waals surface area contributed by atoms with Gasteiger partial charge in [0.25, 0.3) is 0 Å². The number of H-pyrrole nitrogens is 1. The molecular formula is C12H15N3O2. The van der Waals surface area contributed by atoms with Gasteiger partial charge in [0, 0.05) is 11.6 Å². The van der Waals surface area contributed by atoms with Crippen molar-refractivity contribution in [3.8, 4) is 22.8 Å². The van der Waals surface area contributed by atoms with Crippen molar-refractivity contribution in [2.24, 2.45) is 0 Å². The van der Waals surface area contributed by atoms with E-state index in [9.17, 15) is 0 Å². The molecule has 90 valence electrons. The van der Waals surface area contributed by atoms with Crippen LogP contribution in [0, 0.1) is 0 Å². The van der Waals surface area contributed by atoms with Gasteiger partial charge in [-0.25, -0.2) is 0 Å². The lowest BCUT2D eigenvalue weighted by atomic mass is 10.1. The van der Waals surface area contributed by atoms with Crippen LogP contribution < -0.4 is 15.2 Å². The Morgan fingerprint density at radius 2 is 2.24 bits per heavy atom. The molecule has 0 atom stereocenters. The molecule has 5 heteroatoms. The van der Waals surface area contributed by atoms with Crippen LogP contribution in [0.15, 0.2) is 24.3 Å². The van der Waals surface area contributed by atoms with Crippen LogP contribution in [0.25, 0.3) is 11.3 Å². The first-order chi connectivity index (χ1) is 8.26. The molecule has 0 amide bonds. The number of benzene rings is 1. The van der Waals surface area contributed by atoms with E-state index in [-0.39, 0.29) is 0 Å². The third kappa shape index (κ3) is 2.18. The van der Waals surface area contributed by atoms with Gasteiger partial charge >= 0.3 is 0 Å². The van der Waals surface area contributed by atoms with Crippen molar-refractivity contribution in [2.45, 2.75) is 6.92 Å². The normalized spacial score (nSPS) is 10.2. The second-order valence-corrected chi connectivity index (χ2v) is 3.48. The van der Waals surface area contributed by atoms with E-state index >= 15 is 0 Å². The van der Waals surface area contributed by atoms with Crippen molar-refractivity contribution in [1.82, 2.24) is 10.2 Å². The highest BCUT2D eigenvalue weighted by molar-refractivity contribution is 5.72. The number of hydrogen-bond donors (Lipinski definition) is 2. The van der Waals surface area contributed by atoms with Crippen molar-refractivity contribution in [3.63, 3.8) is 0 Å². The Morgan fingerprint density at radius 3 is 2.82 bits per heavy atom. The van der Waals surface area contributed by atoms with Gasteiger partial charge < -0.3 is 15.2 Å². The zero-order valence-electron chi connectivity index (χ0n) is 9.86. The molecule has 17 heavy (non-hydrogen) atoms. The number of nitrogen functional groups attached to an aromatic ring is 1. The van der Waals surface area contributed by atoms with Gasteiger partial charge in [-0.05, 0) is 19.1 Å². The van der Waals surface area contributed by atoms with Gasteiger partial charge in [0.15, 0.2) is 11.5 Å². The van der Waals surface area contributed by atoms with Crippen molar-refractivity contribution in [1.29, 1.82) is 0 Å². The monoisotopic (exact) mass is 233 g/mol. The summed E-state index contributed by atoms with van der Waals surface area (Å²) in [5.74, 6) is 1.84. The van der Waals surface area contributed by atoms with Gasteiger partial charge in [0.05, 0.1) is 19.4 Å². The highest BCUT2D eigenvalue weighted by Crippen LogP contribution is 2.37. The van der Waals surface area contributed by atoms with E-state index in [4.69, 9.17) is 15.2 Å². The summed E-state index contributed by atoms with van der Waals surface area (Å²) in [6, 6.07) is 7.44. The Morgan fingerprint density at radius 1 is 1.41 bits per heavy atom. The third-order valence-corrected chi connectivity index (χ3v) is 2.38. The van der Waals surface area contributed by atoms with E-state index in [1.165, 1.54) is 0 Å². The predicted molar refractivity (Wildman–Crippen MR) is 66.2 cm³/mol. The zero-order chi connectivity index (χ0) is 12.3. The summed E-state index contributed by atoms with van der Waals surface area (Å²) >= 11 is 0. The van der Waals surface area contributed by atoms with E-state index < -0.39 is 0 Å². The quantitative estimate of drug-likeness (QED) is 0.847. The summed E-state index contributed by atoms with van der Waals surface area (Å²) in [6.45, 7) is 2.49. The minimum absolute atomic E-state index is 0.449. The molecule has 0 saturated heterocycles. The summed E-state index contributed by atoms with van der Waals surface area (Å²) in [7, 11) is 1.61. The maximum Gasteiger partial charge on any atom is 0.170 e. The molecule has 0 radical (unpaired) electrons. The van der Waals surface area contributed by atoms with Crippen molar-refractivity contribution in [3.05, 3.63) is 24.3 Å². The number of methoxy groups -OCH3 is 1. The van der Waals surface area contributed by atoms with Crippen molar-refractivity contribution >= 4 is 5.82 Å². The maximum atomic E-state index is 5.61. The number of anilines is 1. The molecule has 0 aliphatic heterocycles. The second-order valence-electron chi connectivity index (χ2n) is 3.48. The van der Waals surface area contributed by atoms with Gasteiger partial charge in [-0.3, -0.25) is 5.10 Å². The number of para-hydroxylation sites is 1. The first-order valence-electron chi connectivity index (χ1n) is 5.37. The number of aromatic amines is 1. The van der Waals surface area contributed by atoms with Crippen LogP contribution in [0.3, 0.4) is 0 Å². The highest BCUT2D eigenvalue weighted by atomic mass is 16.5. The van der Waals surface area contributed by atoms with Gasteiger partial charge in [0.1, 0.15) is 5.82 Å². The minimum atomic E-state index is 0.449. The van der Waals surface area contributed by atoms with Crippen molar-refractivity contribution < 1.29 is 9.47 Å². The second kappa shape index (κ2) is 4.78. The summed E-state index contributed by atoms with van der Waals surface area (Å²) in [5.41, 5.74) is 7.29. The third-order valence-electron chi connectivity index (χ3n) is 2.38. The molecule has 0 unspecified atom stereocenters. The lowest BCUT2D eigenvalue weighted by Gasteiger charge is -2.12. The summed E-state index contributed by atoms with van der Waals surface area (Å²) in [6.07, 6.45) is 0. The van der Waals surface area contributed by atoms with Gasteiger partial charge in [-0.1, -0.05) is 6.07 Å². The largest absolute Gasteiger partial charge is 0.493 e. The topological polar surface area (TPSA) is 73.2 Å². The molecule has 2 aromatic rings. The Hall–Kier alpha value is -2.17. The molecule has 0 fully saturated rings. The van der Waals surface area contributed by atoms with E-state index in [2.05, 4.69) is 10.2 Å². The van der Waals surface area contributed by atoms with Crippen LogP contribution in [0.1, 0.15) is 6.92 Å². The van der Waals surface area contributed by atoms with E-state index in [1.54, 1.807) is 13.2 Å². The molecule has 3 N–H and O–H groups in total. The van der Waals surface area contributed by atoms with Gasteiger partial charge in [-0.2, -0.15) is 5.10 Å².